The van der Waals surface area contributed by atoms with Crippen molar-refractivity contribution in [3.8, 4) is 34.7 Å². The minimum absolute atomic E-state index is 0. The Morgan fingerprint density at radius 2 is 1.83 bits per heavy atom. The molecule has 1 fully saturated rings. The zero-order valence-corrected chi connectivity index (χ0v) is 20.0. The number of rotatable bonds is 10. The molecule has 1 aliphatic rings. The number of nitriles is 1. The van der Waals surface area contributed by atoms with E-state index < -0.39 is 24.4 Å². The van der Waals surface area contributed by atoms with Gasteiger partial charge in [-0.15, -0.1) is 12.4 Å². The van der Waals surface area contributed by atoms with E-state index in [0.717, 1.165) is 31.2 Å². The van der Waals surface area contributed by atoms with Crippen molar-refractivity contribution in [2.24, 2.45) is 0 Å². The second kappa shape index (κ2) is 12.2. The molecule has 3 aromatic rings. The van der Waals surface area contributed by atoms with Gasteiger partial charge in [-0.1, -0.05) is 29.4 Å². The van der Waals surface area contributed by atoms with Crippen molar-refractivity contribution < 1.29 is 29.1 Å². The number of nitrogens with one attached hydrogen (secondary N) is 1. The summed E-state index contributed by atoms with van der Waals surface area (Å²) in [5.41, 5.74) is 2.47. The second-order valence-electron chi connectivity index (χ2n) is 8.34. The molecule has 3 N–H and O–H groups in total. The van der Waals surface area contributed by atoms with Crippen molar-refractivity contribution in [1.82, 2.24) is 15.5 Å². The van der Waals surface area contributed by atoms with Crippen molar-refractivity contribution in [2.45, 2.75) is 50.8 Å². The first-order valence-corrected chi connectivity index (χ1v) is 11.2. The molecule has 1 heterocycles. The summed E-state index contributed by atoms with van der Waals surface area (Å²) in [6.07, 6.45) is 3.91. The third-order valence-corrected chi connectivity index (χ3v) is 5.81. The predicted octanol–water partition coefficient (Wildman–Crippen LogP) is 4.04. The van der Waals surface area contributed by atoms with Gasteiger partial charge in [0.2, 0.25) is 5.82 Å². The fourth-order valence-corrected chi connectivity index (χ4v) is 3.93. The van der Waals surface area contributed by atoms with E-state index >= 15 is 0 Å². The molecule has 4 rings (SSSR count). The zero-order chi connectivity index (χ0) is 24.8. The lowest BCUT2D eigenvalue weighted by atomic mass is 10.1. The van der Waals surface area contributed by atoms with E-state index in [1.807, 2.05) is 0 Å². The fraction of sp³-hybridized carbons (Fsp3) is 0.320. The number of aliphatic carboxylic acids is 2. The van der Waals surface area contributed by atoms with Gasteiger partial charge < -0.3 is 19.5 Å². The summed E-state index contributed by atoms with van der Waals surface area (Å²) in [6, 6.07) is 13.3. The Kier molecular flexibility index (Phi) is 9.00. The van der Waals surface area contributed by atoms with Gasteiger partial charge in [0.1, 0.15) is 17.9 Å². The molecular weight excluding hydrogens is 488 g/mol. The molecule has 1 aromatic heterocycles. The normalized spacial score (nSPS) is 14.0. The van der Waals surface area contributed by atoms with E-state index in [1.165, 1.54) is 0 Å². The van der Waals surface area contributed by atoms with Crippen molar-refractivity contribution in [3.63, 3.8) is 0 Å². The Bertz CT molecular complexity index is 1250. The monoisotopic (exact) mass is 512 g/mol. The number of carbonyl (C=O) groups is 2. The molecule has 188 valence electrons. The standard InChI is InChI=1S/C25H24N4O6.ClH/c26-13-18-11-17(9-10-21(18)34-19-3-1-2-4-19)24-28-23(29-35-24)16-7-5-15(6-8-16)14-27-20(25(32)33)12-22(30)31;/h5-11,19-20,27H,1-4,12,14H2,(H,30,31)(H,32,33);1H/t20-;/m0./s1. The number of ether oxygens (including phenoxy) is 1. The lowest BCUT2D eigenvalue weighted by Crippen LogP contribution is -2.38. The van der Waals surface area contributed by atoms with E-state index in [9.17, 15) is 14.9 Å². The third-order valence-electron chi connectivity index (χ3n) is 5.81. The van der Waals surface area contributed by atoms with Crippen LogP contribution in [0.5, 0.6) is 5.75 Å². The first kappa shape index (κ1) is 26.7. The van der Waals surface area contributed by atoms with Gasteiger partial charge in [-0.05, 0) is 49.4 Å². The van der Waals surface area contributed by atoms with Crippen LogP contribution in [0.25, 0.3) is 22.8 Å². The number of benzene rings is 2. The first-order valence-electron chi connectivity index (χ1n) is 11.2. The van der Waals surface area contributed by atoms with E-state index in [1.54, 1.807) is 42.5 Å². The maximum atomic E-state index is 11.2. The minimum atomic E-state index is -1.22. The van der Waals surface area contributed by atoms with E-state index in [-0.39, 0.29) is 30.9 Å². The highest BCUT2D eigenvalue weighted by atomic mass is 35.5. The molecular formula is C25H25ClN4O6. The lowest BCUT2D eigenvalue weighted by molar-refractivity contribution is -0.146. The van der Waals surface area contributed by atoms with Gasteiger partial charge in [-0.3, -0.25) is 14.9 Å². The lowest BCUT2D eigenvalue weighted by Gasteiger charge is -2.14. The van der Waals surface area contributed by atoms with Crippen molar-refractivity contribution in [3.05, 3.63) is 53.6 Å². The van der Waals surface area contributed by atoms with E-state index in [2.05, 4.69) is 21.5 Å². The smallest absolute Gasteiger partial charge is 0.321 e. The van der Waals surface area contributed by atoms with Gasteiger partial charge in [0.25, 0.3) is 5.89 Å². The highest BCUT2D eigenvalue weighted by Gasteiger charge is 2.21. The highest BCUT2D eigenvalue weighted by molar-refractivity contribution is 5.85. The summed E-state index contributed by atoms with van der Waals surface area (Å²) in [4.78, 5) is 26.4. The third kappa shape index (κ3) is 6.59. The van der Waals surface area contributed by atoms with Crippen LogP contribution in [0.3, 0.4) is 0 Å². The molecule has 1 saturated carbocycles. The summed E-state index contributed by atoms with van der Waals surface area (Å²) in [6.45, 7) is 0.189. The van der Waals surface area contributed by atoms with Crippen LogP contribution in [0.4, 0.5) is 0 Å². The summed E-state index contributed by atoms with van der Waals surface area (Å²) in [5.74, 6) is -1.22. The van der Waals surface area contributed by atoms with Gasteiger partial charge >= 0.3 is 11.9 Å². The second-order valence-corrected chi connectivity index (χ2v) is 8.34. The average Bonchev–Trinajstić information content (AvgIpc) is 3.54. The number of hydrogen-bond acceptors (Lipinski definition) is 8. The summed E-state index contributed by atoms with van der Waals surface area (Å²) in [7, 11) is 0. The predicted molar refractivity (Wildman–Crippen MR) is 131 cm³/mol. The van der Waals surface area contributed by atoms with Gasteiger partial charge in [-0.2, -0.15) is 10.2 Å². The molecule has 10 nitrogen and oxygen atoms in total. The van der Waals surface area contributed by atoms with Crippen LogP contribution in [0.15, 0.2) is 47.0 Å². The topological polar surface area (TPSA) is 159 Å². The molecule has 0 spiro atoms. The van der Waals surface area contributed by atoms with Crippen LogP contribution in [0.2, 0.25) is 0 Å². The molecule has 1 aliphatic carbocycles. The molecule has 0 saturated heterocycles. The highest BCUT2D eigenvalue weighted by Crippen LogP contribution is 2.30. The Labute approximate surface area is 213 Å². The fourth-order valence-electron chi connectivity index (χ4n) is 3.93. The number of nitrogens with zero attached hydrogens (tertiary/aromatic N) is 3. The molecule has 0 radical (unpaired) electrons. The maximum absolute atomic E-state index is 11.2. The van der Waals surface area contributed by atoms with Crippen molar-refractivity contribution in [2.75, 3.05) is 0 Å². The van der Waals surface area contributed by atoms with Gasteiger partial charge in [0.15, 0.2) is 0 Å². The Hall–Kier alpha value is -3.94. The molecule has 1 atom stereocenters. The average molecular weight is 513 g/mol. The van der Waals surface area contributed by atoms with Crippen LogP contribution >= 0.6 is 12.4 Å². The molecule has 0 aliphatic heterocycles. The number of carboxylic acid groups (broad SMARTS) is 2. The quantitative estimate of drug-likeness (QED) is 0.362. The van der Waals surface area contributed by atoms with Gasteiger partial charge in [0.05, 0.1) is 18.1 Å². The van der Waals surface area contributed by atoms with Crippen LogP contribution in [0, 0.1) is 11.3 Å². The molecule has 0 unspecified atom stereocenters. The van der Waals surface area contributed by atoms with Gasteiger partial charge in [0, 0.05) is 17.7 Å². The molecule has 0 amide bonds. The van der Waals surface area contributed by atoms with E-state index in [4.69, 9.17) is 19.5 Å². The van der Waals surface area contributed by atoms with Crippen LogP contribution in [0.1, 0.15) is 43.2 Å². The SMILES string of the molecule is Cl.N#Cc1cc(-c2nc(-c3ccc(CN[C@@H](CC(=O)O)C(=O)O)cc3)no2)ccc1OC1CCCC1. The summed E-state index contributed by atoms with van der Waals surface area (Å²) < 4.78 is 11.4. The Balaban J connectivity index is 0.00000361. The molecule has 36 heavy (non-hydrogen) atoms. The largest absolute Gasteiger partial charge is 0.489 e. The number of aromatic nitrogens is 2. The van der Waals surface area contributed by atoms with Crippen LogP contribution in [-0.2, 0) is 16.1 Å². The maximum Gasteiger partial charge on any atom is 0.321 e. The Morgan fingerprint density at radius 3 is 2.47 bits per heavy atom. The van der Waals surface area contributed by atoms with Crippen LogP contribution < -0.4 is 10.1 Å². The summed E-state index contributed by atoms with van der Waals surface area (Å²) >= 11 is 0. The number of hydrogen-bond donors (Lipinski definition) is 3. The zero-order valence-electron chi connectivity index (χ0n) is 19.2. The summed E-state index contributed by atoms with van der Waals surface area (Å²) in [5, 5.41) is 34.3. The molecule has 2 aromatic carbocycles. The number of carboxylic acids is 2. The molecule has 0 bridgehead atoms. The van der Waals surface area contributed by atoms with Gasteiger partial charge in [-0.25, -0.2) is 0 Å². The van der Waals surface area contributed by atoms with Crippen molar-refractivity contribution >= 4 is 24.3 Å². The van der Waals surface area contributed by atoms with E-state index in [0.29, 0.717) is 28.3 Å². The minimum Gasteiger partial charge on any atom is -0.489 e. The Morgan fingerprint density at radius 1 is 1.14 bits per heavy atom. The molecule has 11 heteroatoms. The van der Waals surface area contributed by atoms with Crippen molar-refractivity contribution in [1.29, 1.82) is 5.26 Å². The number of halogens is 1. The van der Waals surface area contributed by atoms with Crippen LogP contribution in [-0.4, -0.2) is 44.4 Å². The first-order chi connectivity index (χ1) is 16.9.